The molecule has 3 rings (SSSR count). The highest BCUT2D eigenvalue weighted by molar-refractivity contribution is 5.78. The summed E-state index contributed by atoms with van der Waals surface area (Å²) in [5, 5.41) is 3.16. The maximum atomic E-state index is 12.1. The summed E-state index contributed by atoms with van der Waals surface area (Å²) in [6, 6.07) is 0. The number of carbonyl (C=O) groups is 1. The smallest absolute Gasteiger partial charge is 0.310 e. The quantitative estimate of drug-likeness (QED) is 0.419. The lowest BCUT2D eigenvalue weighted by Crippen LogP contribution is -2.47. The van der Waals surface area contributed by atoms with E-state index in [0.717, 1.165) is 38.9 Å². The van der Waals surface area contributed by atoms with Crippen molar-refractivity contribution < 1.29 is 9.53 Å². The number of hydrogen-bond donors (Lipinski definition) is 1. The van der Waals surface area contributed by atoms with E-state index >= 15 is 0 Å². The Morgan fingerprint density at radius 1 is 1.15 bits per heavy atom. The van der Waals surface area contributed by atoms with Crippen LogP contribution in [0.25, 0.3) is 0 Å². The predicted octanol–water partition coefficient (Wildman–Crippen LogP) is 0.960. The molecule has 2 fully saturated rings. The normalized spacial score (nSPS) is 21.3. The van der Waals surface area contributed by atoms with Gasteiger partial charge in [0.2, 0.25) is 0 Å². The summed E-state index contributed by atoms with van der Waals surface area (Å²) < 4.78 is 5.11. The fourth-order valence-corrected chi connectivity index (χ4v) is 4.00. The molecule has 0 radical (unpaired) electrons. The molecule has 0 bridgehead atoms. The number of carbonyl (C=O) groups excluding carboxylic acids is 1. The molecular weight excluding hydrogens is 334 g/mol. The highest BCUT2D eigenvalue weighted by atomic mass is 16.5. The van der Waals surface area contributed by atoms with E-state index in [1.54, 1.807) is 6.92 Å². The van der Waals surface area contributed by atoms with Crippen LogP contribution in [0, 0.1) is 5.92 Å². The van der Waals surface area contributed by atoms with Crippen LogP contribution >= 0.6 is 0 Å². The van der Waals surface area contributed by atoms with Crippen molar-refractivity contribution in [2.24, 2.45) is 5.92 Å². The molecule has 7 heteroatoms. The van der Waals surface area contributed by atoms with E-state index < -0.39 is 10.9 Å². The second-order valence-corrected chi connectivity index (χ2v) is 7.25. The van der Waals surface area contributed by atoms with Gasteiger partial charge in [0.15, 0.2) is 0 Å². The Labute approximate surface area is 154 Å². The van der Waals surface area contributed by atoms with Crippen LogP contribution in [0.5, 0.6) is 0 Å². The summed E-state index contributed by atoms with van der Waals surface area (Å²) in [5.41, 5.74) is 0.0297. The number of likely N-dealkylation sites (tertiary alicyclic amines) is 1. The highest BCUT2D eigenvalue weighted by Gasteiger charge is 2.32. The first-order valence-corrected chi connectivity index (χ1v) is 9.83. The zero-order chi connectivity index (χ0) is 18.5. The van der Waals surface area contributed by atoms with E-state index in [1.807, 2.05) is 4.90 Å². The van der Waals surface area contributed by atoms with Crippen LogP contribution in [0.3, 0.4) is 0 Å². The highest BCUT2D eigenvalue weighted by Crippen LogP contribution is 2.27. The molecule has 0 saturated carbocycles. The van der Waals surface area contributed by atoms with Crippen molar-refractivity contribution >= 4 is 17.3 Å². The molecule has 2 aliphatic rings. The van der Waals surface area contributed by atoms with Gasteiger partial charge >= 0.3 is 5.97 Å². The van der Waals surface area contributed by atoms with Crippen LogP contribution < -0.4 is 21.1 Å². The van der Waals surface area contributed by atoms with Crippen molar-refractivity contribution in [3.63, 3.8) is 0 Å². The molecule has 1 aromatic carbocycles. The van der Waals surface area contributed by atoms with Crippen molar-refractivity contribution in [3.05, 3.63) is 20.4 Å². The monoisotopic (exact) mass is 363 g/mol. The molecule has 2 heterocycles. The molecule has 0 amide bonds. The van der Waals surface area contributed by atoms with Gasteiger partial charge < -0.3 is 19.9 Å². The molecule has 0 unspecified atom stereocenters. The maximum Gasteiger partial charge on any atom is 0.310 e. The second kappa shape index (κ2) is 8.66. The van der Waals surface area contributed by atoms with E-state index in [1.165, 1.54) is 12.8 Å². The summed E-state index contributed by atoms with van der Waals surface area (Å²) in [6.07, 6.45) is 5.07. The zero-order valence-electron chi connectivity index (χ0n) is 15.6. The summed E-state index contributed by atoms with van der Waals surface area (Å²) in [7, 11) is 0. The van der Waals surface area contributed by atoms with Crippen molar-refractivity contribution in [2.75, 3.05) is 56.1 Å². The topological polar surface area (TPSA) is 79.0 Å². The third-order valence-corrected chi connectivity index (χ3v) is 5.39. The lowest BCUT2D eigenvalue weighted by molar-refractivity contribution is -0.148. The Morgan fingerprint density at radius 3 is 2.65 bits per heavy atom. The molecule has 0 aliphatic carbocycles. The first-order valence-electron chi connectivity index (χ1n) is 9.83. The number of hydrogen-bond acceptors (Lipinski definition) is 7. The van der Waals surface area contributed by atoms with E-state index in [0.29, 0.717) is 37.6 Å². The predicted molar refractivity (Wildman–Crippen MR) is 102 cm³/mol. The number of rotatable bonds is 8. The molecule has 1 atom stereocenters. The third kappa shape index (κ3) is 4.09. The molecule has 2 saturated heterocycles. The number of nitrogens with one attached hydrogen (secondary N) is 1. The van der Waals surface area contributed by atoms with Crippen LogP contribution in [0.4, 0.5) is 11.4 Å². The number of nitrogens with zero attached hydrogens (tertiary/aromatic N) is 2. The van der Waals surface area contributed by atoms with E-state index in [-0.39, 0.29) is 11.9 Å². The van der Waals surface area contributed by atoms with Gasteiger partial charge in [-0.15, -0.1) is 0 Å². The molecule has 7 nitrogen and oxygen atoms in total. The molecule has 1 N–H and O–H groups in total. The molecule has 2 aliphatic heterocycles. The van der Waals surface area contributed by atoms with Crippen LogP contribution in [-0.2, 0) is 9.53 Å². The summed E-state index contributed by atoms with van der Waals surface area (Å²) in [5.74, 6) is -0.438. The van der Waals surface area contributed by atoms with Crippen molar-refractivity contribution in [3.8, 4) is 0 Å². The number of ether oxygens (including phenoxy) is 1. The Morgan fingerprint density at radius 2 is 1.92 bits per heavy atom. The van der Waals surface area contributed by atoms with Crippen LogP contribution in [0.2, 0.25) is 0 Å². The minimum atomic E-state index is -0.434. The van der Waals surface area contributed by atoms with Crippen LogP contribution in [0.1, 0.15) is 39.0 Å². The molecule has 144 valence electrons. The van der Waals surface area contributed by atoms with Gasteiger partial charge in [-0.25, -0.2) is 0 Å². The average molecular weight is 363 g/mol. The van der Waals surface area contributed by atoms with Crippen LogP contribution in [-0.4, -0.2) is 56.7 Å². The van der Waals surface area contributed by atoms with Crippen molar-refractivity contribution in [2.45, 2.75) is 39.0 Å². The lowest BCUT2D eigenvalue weighted by Gasteiger charge is -2.34. The maximum absolute atomic E-state index is 12.1. The number of piperidine rings is 1. The van der Waals surface area contributed by atoms with Gasteiger partial charge in [0, 0.05) is 19.6 Å². The van der Waals surface area contributed by atoms with Gasteiger partial charge in [0.1, 0.15) is 11.4 Å². The summed E-state index contributed by atoms with van der Waals surface area (Å²) in [6.45, 7) is 7.33. The Balaban J connectivity index is 1.56. The molecule has 26 heavy (non-hydrogen) atoms. The number of anilines is 2. The largest absolute Gasteiger partial charge is 0.466 e. The first kappa shape index (κ1) is 18.9. The zero-order valence-corrected chi connectivity index (χ0v) is 15.6. The van der Waals surface area contributed by atoms with E-state index in [9.17, 15) is 14.4 Å². The molecular formula is C19H29N3O4. The lowest BCUT2D eigenvalue weighted by atomic mass is 9.96. The third-order valence-electron chi connectivity index (χ3n) is 5.39. The van der Waals surface area contributed by atoms with Gasteiger partial charge in [0.05, 0.1) is 12.5 Å². The van der Waals surface area contributed by atoms with Gasteiger partial charge in [-0.2, -0.15) is 0 Å². The van der Waals surface area contributed by atoms with Gasteiger partial charge in [-0.1, -0.05) is 0 Å². The number of esters is 1. The standard InChI is InChI=1S/C19H29N3O4/c1-2-26-19(25)14-7-5-12-22(13-14)16-15(17(23)18(16)24)20-8-6-11-21-9-3-4-10-21/h14,20H,2-13H2,1H3/t14-/m1/s1. The average Bonchev–Trinajstić information content (AvgIpc) is 3.17. The Hall–Kier alpha value is -1.89. The van der Waals surface area contributed by atoms with Gasteiger partial charge in [-0.05, 0) is 58.7 Å². The molecule has 0 aromatic heterocycles. The fraction of sp³-hybridized carbons (Fsp3) is 0.737. The molecule has 0 spiro atoms. The fourth-order valence-electron chi connectivity index (χ4n) is 4.00. The Kier molecular flexibility index (Phi) is 6.29. The minimum absolute atomic E-state index is 0.212. The minimum Gasteiger partial charge on any atom is -0.466 e. The van der Waals surface area contributed by atoms with Gasteiger partial charge in [-0.3, -0.25) is 14.4 Å². The van der Waals surface area contributed by atoms with E-state index in [4.69, 9.17) is 4.74 Å². The van der Waals surface area contributed by atoms with Gasteiger partial charge in [0.25, 0.3) is 10.9 Å². The Bertz CT molecular complexity index is 689. The summed E-state index contributed by atoms with van der Waals surface area (Å²) in [4.78, 5) is 40.4. The van der Waals surface area contributed by atoms with E-state index in [2.05, 4.69) is 10.2 Å². The summed E-state index contributed by atoms with van der Waals surface area (Å²) >= 11 is 0. The van der Waals surface area contributed by atoms with Crippen LogP contribution in [0.15, 0.2) is 9.59 Å². The van der Waals surface area contributed by atoms with Crippen molar-refractivity contribution in [1.82, 2.24) is 4.90 Å². The second-order valence-electron chi connectivity index (χ2n) is 7.25. The van der Waals surface area contributed by atoms with Crippen molar-refractivity contribution in [1.29, 1.82) is 0 Å². The first-order chi connectivity index (χ1) is 12.6. The SMILES string of the molecule is CCOC(=O)[C@@H]1CCCN(c2c(NCCCN3CCCC3)c(=O)c2=O)C1. The molecule has 1 aromatic rings.